The summed E-state index contributed by atoms with van der Waals surface area (Å²) in [6.07, 6.45) is -7.96. The van der Waals surface area contributed by atoms with Gasteiger partial charge in [0.05, 0.1) is 11.1 Å². The van der Waals surface area contributed by atoms with E-state index in [9.17, 15) is 31.1 Å². The first-order valence-corrected chi connectivity index (χ1v) is 4.56. The maximum Gasteiger partial charge on any atom is 0.416 e. The predicted octanol–water partition coefficient (Wildman–Crippen LogP) is 3.94. The van der Waals surface area contributed by atoms with Crippen LogP contribution in [0.5, 0.6) is 0 Å². The van der Waals surface area contributed by atoms with Gasteiger partial charge in [0.15, 0.2) is 0 Å². The van der Waals surface area contributed by atoms with Crippen LogP contribution in [-0.2, 0) is 17.1 Å². The molecule has 0 aliphatic carbocycles. The van der Waals surface area contributed by atoms with Gasteiger partial charge in [-0.3, -0.25) is 4.79 Å². The van der Waals surface area contributed by atoms with Crippen molar-refractivity contribution < 1.29 is 31.1 Å². The van der Waals surface area contributed by atoms with Gasteiger partial charge in [-0.1, -0.05) is 6.08 Å². The molecule has 0 aliphatic heterocycles. The van der Waals surface area contributed by atoms with Crippen molar-refractivity contribution in [3.63, 3.8) is 0 Å². The highest BCUT2D eigenvalue weighted by molar-refractivity contribution is 5.75. The van der Waals surface area contributed by atoms with Crippen molar-refractivity contribution in [1.29, 1.82) is 0 Å². The molecule has 0 saturated heterocycles. The van der Waals surface area contributed by atoms with Gasteiger partial charge in [0.25, 0.3) is 0 Å². The number of benzene rings is 1. The first kappa shape index (κ1) is 14.3. The quantitative estimate of drug-likeness (QED) is 0.451. The van der Waals surface area contributed by atoms with Crippen LogP contribution < -0.4 is 0 Å². The molecule has 1 aromatic carbocycles. The number of allylic oxidation sites excluding steroid dienone is 1. The first-order valence-electron chi connectivity index (χ1n) is 4.56. The Balaban J connectivity index is 3.39. The molecule has 0 radical (unpaired) electrons. The van der Waals surface area contributed by atoms with Gasteiger partial charge in [0, 0.05) is 0 Å². The van der Waals surface area contributed by atoms with Gasteiger partial charge in [-0.25, -0.2) is 0 Å². The van der Waals surface area contributed by atoms with Crippen molar-refractivity contribution in [1.82, 2.24) is 0 Å². The van der Waals surface area contributed by atoms with Crippen molar-refractivity contribution in [3.8, 4) is 0 Å². The van der Waals surface area contributed by atoms with E-state index in [0.717, 1.165) is 0 Å². The molecule has 0 bridgehead atoms. The first-order chi connectivity index (χ1) is 8.16. The highest BCUT2D eigenvalue weighted by atomic mass is 19.4. The van der Waals surface area contributed by atoms with Crippen molar-refractivity contribution in [2.24, 2.45) is 0 Å². The van der Waals surface area contributed by atoms with Crippen LogP contribution in [0.4, 0.5) is 26.3 Å². The van der Waals surface area contributed by atoms with Gasteiger partial charge in [-0.15, -0.1) is 0 Å². The van der Waals surface area contributed by atoms with Crippen molar-refractivity contribution >= 4 is 12.4 Å². The summed E-state index contributed by atoms with van der Waals surface area (Å²) in [6, 6.07) is 1.04. The summed E-state index contributed by atoms with van der Waals surface area (Å²) < 4.78 is 74.5. The fraction of sp³-hybridized carbons (Fsp3) is 0.182. The van der Waals surface area contributed by atoms with Gasteiger partial charge in [0.2, 0.25) is 0 Å². The van der Waals surface area contributed by atoms with Crippen molar-refractivity contribution in [2.75, 3.05) is 0 Å². The normalized spacial score (nSPS) is 13.0. The molecule has 0 fully saturated rings. The SMILES string of the molecule is O=C/C=C/c1cc(C(F)(F)F)ccc1C(F)(F)F. The van der Waals surface area contributed by atoms with E-state index in [1.54, 1.807) is 0 Å². The lowest BCUT2D eigenvalue weighted by Crippen LogP contribution is -2.11. The Hall–Kier alpha value is -1.79. The minimum Gasteiger partial charge on any atom is -0.299 e. The van der Waals surface area contributed by atoms with Crippen LogP contribution >= 0.6 is 0 Å². The Morgan fingerprint density at radius 2 is 1.56 bits per heavy atom. The van der Waals surface area contributed by atoms with E-state index in [2.05, 4.69) is 0 Å². The number of aldehydes is 1. The fourth-order valence-electron chi connectivity index (χ4n) is 1.28. The van der Waals surface area contributed by atoms with Crippen molar-refractivity contribution in [3.05, 3.63) is 41.0 Å². The summed E-state index contributed by atoms with van der Waals surface area (Å²) in [5.74, 6) is 0. The average Bonchev–Trinajstić information content (AvgIpc) is 2.23. The van der Waals surface area contributed by atoms with Crippen LogP contribution in [0.2, 0.25) is 0 Å². The smallest absolute Gasteiger partial charge is 0.299 e. The Kier molecular flexibility index (Phi) is 3.83. The summed E-state index contributed by atoms with van der Waals surface area (Å²) >= 11 is 0. The Labute approximate surface area is 97.7 Å². The second kappa shape index (κ2) is 4.83. The van der Waals surface area contributed by atoms with E-state index in [1.807, 2.05) is 0 Å². The van der Waals surface area contributed by atoms with Gasteiger partial charge < -0.3 is 0 Å². The largest absolute Gasteiger partial charge is 0.416 e. The van der Waals surface area contributed by atoms with E-state index in [-0.39, 0.29) is 6.29 Å². The summed E-state index contributed by atoms with van der Waals surface area (Å²) in [5, 5.41) is 0. The average molecular weight is 268 g/mol. The standard InChI is InChI=1S/C11H6F6O/c12-10(13,14)8-3-4-9(11(15,16)17)7(6-8)2-1-5-18/h1-6H/b2-1+. The van der Waals surface area contributed by atoms with E-state index in [1.165, 1.54) is 0 Å². The van der Waals surface area contributed by atoms with Crippen LogP contribution in [0.3, 0.4) is 0 Å². The second-order valence-corrected chi connectivity index (χ2v) is 3.29. The lowest BCUT2D eigenvalue weighted by atomic mass is 10.0. The van der Waals surface area contributed by atoms with Gasteiger partial charge in [-0.2, -0.15) is 26.3 Å². The fourth-order valence-corrected chi connectivity index (χ4v) is 1.28. The van der Waals surface area contributed by atoms with Crippen LogP contribution in [0.25, 0.3) is 6.08 Å². The molecule has 7 heteroatoms. The molecule has 18 heavy (non-hydrogen) atoms. The zero-order valence-electron chi connectivity index (χ0n) is 8.64. The topological polar surface area (TPSA) is 17.1 Å². The number of carbonyl (C=O) groups excluding carboxylic acids is 1. The number of hydrogen-bond donors (Lipinski definition) is 0. The molecule has 0 unspecified atom stereocenters. The van der Waals surface area contributed by atoms with E-state index in [0.29, 0.717) is 30.4 Å². The maximum atomic E-state index is 12.5. The molecule has 1 aromatic rings. The predicted molar refractivity (Wildman–Crippen MR) is 51.5 cm³/mol. The maximum absolute atomic E-state index is 12.5. The molecule has 0 aliphatic rings. The van der Waals surface area contributed by atoms with Gasteiger partial charge >= 0.3 is 12.4 Å². The number of hydrogen-bond acceptors (Lipinski definition) is 1. The van der Waals surface area contributed by atoms with E-state index < -0.39 is 29.0 Å². The third-order valence-electron chi connectivity index (χ3n) is 2.04. The number of halogens is 6. The molecular weight excluding hydrogens is 262 g/mol. The zero-order chi connectivity index (χ0) is 14.0. The van der Waals surface area contributed by atoms with Gasteiger partial charge in [-0.05, 0) is 29.8 Å². The van der Waals surface area contributed by atoms with Gasteiger partial charge in [0.1, 0.15) is 6.29 Å². The lowest BCUT2D eigenvalue weighted by Gasteiger charge is -2.13. The van der Waals surface area contributed by atoms with Crippen molar-refractivity contribution in [2.45, 2.75) is 12.4 Å². The molecule has 0 amide bonds. The van der Waals surface area contributed by atoms with Crippen LogP contribution in [0.15, 0.2) is 24.3 Å². The molecule has 0 N–H and O–H groups in total. The molecule has 1 nitrogen and oxygen atoms in total. The van der Waals surface area contributed by atoms with E-state index in [4.69, 9.17) is 0 Å². The molecule has 1 rings (SSSR count). The number of rotatable bonds is 2. The highest BCUT2D eigenvalue weighted by Gasteiger charge is 2.36. The number of alkyl halides is 6. The Morgan fingerprint density at radius 1 is 0.944 bits per heavy atom. The third kappa shape index (κ3) is 3.35. The number of carbonyl (C=O) groups is 1. The Morgan fingerprint density at radius 3 is 2.00 bits per heavy atom. The van der Waals surface area contributed by atoms with Crippen LogP contribution in [-0.4, -0.2) is 6.29 Å². The second-order valence-electron chi connectivity index (χ2n) is 3.29. The summed E-state index contributed by atoms with van der Waals surface area (Å²) in [6.45, 7) is 0. The molecular formula is C11H6F6O. The highest BCUT2D eigenvalue weighted by Crippen LogP contribution is 2.36. The molecule has 0 atom stereocenters. The minimum atomic E-state index is -4.79. The summed E-state index contributed by atoms with van der Waals surface area (Å²) in [5.41, 5.74) is -3.14. The zero-order valence-corrected chi connectivity index (χ0v) is 8.64. The monoisotopic (exact) mass is 268 g/mol. The van der Waals surface area contributed by atoms with E-state index >= 15 is 0 Å². The molecule has 0 aromatic heterocycles. The van der Waals surface area contributed by atoms with Crippen LogP contribution in [0.1, 0.15) is 16.7 Å². The lowest BCUT2D eigenvalue weighted by molar-refractivity contribution is -0.141. The third-order valence-corrected chi connectivity index (χ3v) is 2.04. The van der Waals surface area contributed by atoms with Crippen LogP contribution in [0, 0.1) is 0 Å². The molecule has 0 spiro atoms. The molecule has 0 saturated carbocycles. The Bertz CT molecular complexity index is 469. The molecule has 0 heterocycles. The summed E-state index contributed by atoms with van der Waals surface area (Å²) in [7, 11) is 0. The minimum absolute atomic E-state index is 0.181. The molecule has 98 valence electrons. The summed E-state index contributed by atoms with van der Waals surface area (Å²) in [4.78, 5) is 10.0.